The van der Waals surface area contributed by atoms with Gasteiger partial charge in [0.1, 0.15) is 0 Å². The van der Waals surface area contributed by atoms with Gasteiger partial charge in [0.25, 0.3) is 0 Å². The average molecular weight is 441 g/mol. The summed E-state index contributed by atoms with van der Waals surface area (Å²) in [5.74, 6) is 0.564. The molecule has 5 rings (SSSR count). The van der Waals surface area contributed by atoms with E-state index in [0.717, 1.165) is 46.3 Å². The molecule has 1 fully saturated rings. The lowest BCUT2D eigenvalue weighted by Crippen LogP contribution is -2.38. The summed E-state index contributed by atoms with van der Waals surface area (Å²) < 4.78 is 0. The van der Waals surface area contributed by atoms with Gasteiger partial charge in [0.2, 0.25) is 5.91 Å². The van der Waals surface area contributed by atoms with E-state index in [1.165, 1.54) is 22.9 Å². The van der Waals surface area contributed by atoms with Crippen LogP contribution in [0.5, 0.6) is 0 Å². The zero-order valence-corrected chi connectivity index (χ0v) is 17.9. The first-order valence-corrected chi connectivity index (χ1v) is 11.3. The van der Waals surface area contributed by atoms with Crippen LogP contribution in [-0.2, 0) is 4.79 Å². The Bertz CT molecular complexity index is 1070. The van der Waals surface area contributed by atoms with E-state index < -0.39 is 0 Å². The van der Waals surface area contributed by atoms with Crippen LogP contribution in [0.4, 0.5) is 0 Å². The van der Waals surface area contributed by atoms with Gasteiger partial charge in [0, 0.05) is 10.0 Å². The molecule has 1 saturated heterocycles. The molecule has 2 heterocycles. The Morgan fingerprint density at radius 2 is 1.69 bits per heavy atom. The summed E-state index contributed by atoms with van der Waals surface area (Å²) in [6, 6.07) is 15.6. The van der Waals surface area contributed by atoms with Gasteiger partial charge in [-0.3, -0.25) is 9.69 Å². The second-order valence-corrected chi connectivity index (χ2v) is 9.16. The van der Waals surface area contributed by atoms with Crippen LogP contribution in [0, 0.1) is 0 Å². The van der Waals surface area contributed by atoms with Crippen molar-refractivity contribution in [1.82, 2.24) is 4.90 Å². The molecule has 0 aromatic heterocycles. The minimum Gasteiger partial charge on any atom is -0.279 e. The number of amidine groups is 1. The van der Waals surface area contributed by atoms with Crippen LogP contribution in [0.15, 0.2) is 70.4 Å². The zero-order chi connectivity index (χ0) is 20.0. The van der Waals surface area contributed by atoms with E-state index in [1.54, 1.807) is 0 Å². The Hall–Kier alpha value is -2.01. The van der Waals surface area contributed by atoms with E-state index in [1.807, 2.05) is 53.4 Å². The van der Waals surface area contributed by atoms with Gasteiger partial charge in [-0.25, -0.2) is 4.99 Å². The molecular weight excluding hydrogens is 423 g/mol. The molecule has 1 amide bonds. The molecular formula is C23H18Cl2N2OS. The first kappa shape index (κ1) is 19.0. The van der Waals surface area contributed by atoms with Gasteiger partial charge in [-0.15, -0.1) is 0 Å². The highest BCUT2D eigenvalue weighted by Crippen LogP contribution is 2.47. The number of amides is 1. The fourth-order valence-electron chi connectivity index (χ4n) is 4.18. The lowest BCUT2D eigenvalue weighted by atomic mass is 9.83. The van der Waals surface area contributed by atoms with E-state index in [-0.39, 0.29) is 11.9 Å². The third-order valence-corrected chi connectivity index (χ3v) is 6.93. The molecule has 0 bridgehead atoms. The van der Waals surface area contributed by atoms with Crippen LogP contribution in [0.25, 0.3) is 6.08 Å². The third kappa shape index (κ3) is 3.54. The van der Waals surface area contributed by atoms with Crippen molar-refractivity contribution in [2.75, 3.05) is 5.75 Å². The second kappa shape index (κ2) is 7.67. The van der Waals surface area contributed by atoms with E-state index in [2.05, 4.69) is 6.08 Å². The topological polar surface area (TPSA) is 32.7 Å². The van der Waals surface area contributed by atoms with Gasteiger partial charge in [-0.05, 0) is 71.9 Å². The van der Waals surface area contributed by atoms with Crippen molar-refractivity contribution in [2.45, 2.75) is 25.3 Å². The normalized spacial score (nSPS) is 22.6. The van der Waals surface area contributed by atoms with Gasteiger partial charge in [-0.2, -0.15) is 0 Å². The Morgan fingerprint density at radius 1 is 1.00 bits per heavy atom. The van der Waals surface area contributed by atoms with Gasteiger partial charge in [0.05, 0.1) is 17.5 Å². The van der Waals surface area contributed by atoms with Crippen molar-refractivity contribution in [2.24, 2.45) is 4.99 Å². The summed E-state index contributed by atoms with van der Waals surface area (Å²) in [4.78, 5) is 19.5. The Morgan fingerprint density at radius 3 is 2.41 bits per heavy atom. The molecule has 2 aromatic rings. The fourth-order valence-corrected chi connectivity index (χ4v) is 5.33. The molecule has 2 aromatic carbocycles. The van der Waals surface area contributed by atoms with Crippen molar-refractivity contribution < 1.29 is 4.79 Å². The summed E-state index contributed by atoms with van der Waals surface area (Å²) in [7, 11) is 0. The lowest BCUT2D eigenvalue weighted by Gasteiger charge is -2.37. The Labute approximate surface area is 184 Å². The monoisotopic (exact) mass is 440 g/mol. The van der Waals surface area contributed by atoms with Crippen LogP contribution in [0.3, 0.4) is 0 Å². The number of fused-ring (bicyclic) bond motifs is 1. The average Bonchev–Trinajstić information content (AvgIpc) is 3.10. The molecule has 1 atom stereocenters. The Balaban J connectivity index is 1.64. The van der Waals surface area contributed by atoms with Crippen molar-refractivity contribution in [3.05, 3.63) is 86.5 Å². The van der Waals surface area contributed by atoms with E-state index >= 15 is 0 Å². The first-order valence-electron chi connectivity index (χ1n) is 9.59. The minimum absolute atomic E-state index is 0.105. The van der Waals surface area contributed by atoms with Gasteiger partial charge in [0.15, 0.2) is 5.17 Å². The molecule has 146 valence electrons. The molecule has 0 radical (unpaired) electrons. The molecule has 29 heavy (non-hydrogen) atoms. The van der Waals surface area contributed by atoms with Gasteiger partial charge < -0.3 is 0 Å². The van der Waals surface area contributed by atoms with E-state index in [0.29, 0.717) is 10.8 Å². The summed E-state index contributed by atoms with van der Waals surface area (Å²) >= 11 is 13.7. The fraction of sp³-hybridized carbons (Fsp3) is 0.217. The lowest BCUT2D eigenvalue weighted by molar-refractivity contribution is -0.125. The highest BCUT2D eigenvalue weighted by atomic mass is 35.5. The van der Waals surface area contributed by atoms with E-state index in [4.69, 9.17) is 28.2 Å². The smallest absolute Gasteiger partial charge is 0.239 e. The number of rotatable bonds is 2. The maximum Gasteiger partial charge on any atom is 0.239 e. The molecule has 3 nitrogen and oxygen atoms in total. The van der Waals surface area contributed by atoms with Crippen LogP contribution < -0.4 is 0 Å². The predicted molar refractivity (Wildman–Crippen MR) is 121 cm³/mol. The molecule has 6 heteroatoms. The highest BCUT2D eigenvalue weighted by molar-refractivity contribution is 8.15. The van der Waals surface area contributed by atoms with Gasteiger partial charge >= 0.3 is 0 Å². The molecule has 0 N–H and O–H groups in total. The number of hydrogen-bond acceptors (Lipinski definition) is 3. The standard InChI is InChI=1S/C23H18Cl2N2OS/c24-17-8-4-14(5-9-17)12-16-2-1-3-19-21(16)26-23-27(20(28)13-29-23)22(19)15-6-10-18(25)11-7-15/h4-12,22H,1-3,13H2/b16-12-/t22-/m0/s1. The van der Waals surface area contributed by atoms with Crippen LogP contribution in [-0.4, -0.2) is 21.7 Å². The predicted octanol–water partition coefficient (Wildman–Crippen LogP) is 6.50. The molecule has 0 spiro atoms. The van der Waals surface area contributed by atoms with Crippen LogP contribution in [0.2, 0.25) is 10.0 Å². The third-order valence-electron chi connectivity index (χ3n) is 5.49. The number of nitrogens with zero attached hydrogens (tertiary/aromatic N) is 2. The number of carbonyl (C=O) groups is 1. The van der Waals surface area contributed by atoms with Crippen LogP contribution in [0.1, 0.15) is 36.4 Å². The van der Waals surface area contributed by atoms with Crippen molar-refractivity contribution >= 4 is 52.1 Å². The minimum atomic E-state index is -0.105. The number of hydrogen-bond donors (Lipinski definition) is 0. The number of carbonyl (C=O) groups excluding carboxylic acids is 1. The van der Waals surface area contributed by atoms with Crippen molar-refractivity contribution in [3.8, 4) is 0 Å². The number of thioether (sulfide) groups is 1. The summed E-state index contributed by atoms with van der Waals surface area (Å²) in [5, 5.41) is 2.23. The maximum atomic E-state index is 12.7. The Kier molecular flexibility index (Phi) is 5.02. The number of aliphatic imine (C=N–C) groups is 1. The largest absolute Gasteiger partial charge is 0.279 e. The van der Waals surface area contributed by atoms with Crippen LogP contribution >= 0.6 is 35.0 Å². The molecule has 0 saturated carbocycles. The summed E-state index contributed by atoms with van der Waals surface area (Å²) in [6.45, 7) is 0. The maximum absolute atomic E-state index is 12.7. The number of halogens is 2. The SMILES string of the molecule is O=C1CSC2=NC3=C(CCC/C3=C/c3ccc(Cl)cc3)[C@H](c3ccc(Cl)cc3)N12. The highest BCUT2D eigenvalue weighted by Gasteiger charge is 2.42. The molecule has 0 unspecified atom stereocenters. The second-order valence-electron chi connectivity index (χ2n) is 7.35. The zero-order valence-electron chi connectivity index (χ0n) is 15.6. The first-order chi connectivity index (χ1) is 14.1. The van der Waals surface area contributed by atoms with E-state index in [9.17, 15) is 4.79 Å². The molecule has 2 aliphatic heterocycles. The van der Waals surface area contributed by atoms with Gasteiger partial charge in [-0.1, -0.05) is 59.2 Å². The molecule has 1 aliphatic carbocycles. The quantitative estimate of drug-likeness (QED) is 0.533. The summed E-state index contributed by atoms with van der Waals surface area (Å²) in [6.07, 6.45) is 5.16. The van der Waals surface area contributed by atoms with Crippen molar-refractivity contribution in [1.29, 1.82) is 0 Å². The van der Waals surface area contributed by atoms with Crippen molar-refractivity contribution in [3.63, 3.8) is 0 Å². The number of benzene rings is 2. The molecule has 3 aliphatic rings. The summed E-state index contributed by atoms with van der Waals surface area (Å²) in [5.41, 5.74) is 5.68. The number of allylic oxidation sites excluding steroid dienone is 1.